The first-order valence-corrected chi connectivity index (χ1v) is 7.39. The molecule has 2 N–H and O–H groups in total. The fourth-order valence-electron chi connectivity index (χ4n) is 1.41. The SMILES string of the molecule is CCC(C=C(C)C(N)=O)[Si](C)(OC)OC. The van der Waals surface area contributed by atoms with Gasteiger partial charge in [0.05, 0.1) is 0 Å². The maximum atomic E-state index is 10.9. The Bertz CT molecular complexity index is 249. The van der Waals surface area contributed by atoms with Crippen LogP contribution in [-0.4, -0.2) is 28.7 Å². The van der Waals surface area contributed by atoms with Crippen LogP contribution in [0.3, 0.4) is 0 Å². The van der Waals surface area contributed by atoms with Crippen molar-refractivity contribution in [2.75, 3.05) is 14.2 Å². The van der Waals surface area contributed by atoms with E-state index in [0.717, 1.165) is 6.42 Å². The number of carbonyl (C=O) groups is 1. The normalized spacial score (nSPS) is 15.1. The van der Waals surface area contributed by atoms with E-state index in [4.69, 9.17) is 14.6 Å². The van der Waals surface area contributed by atoms with Crippen LogP contribution in [0.1, 0.15) is 20.3 Å². The Kier molecular flexibility index (Phi) is 5.78. The molecule has 1 amide bonds. The summed E-state index contributed by atoms with van der Waals surface area (Å²) >= 11 is 0. The Balaban J connectivity index is 4.91. The maximum Gasteiger partial charge on any atom is 0.341 e. The van der Waals surface area contributed by atoms with E-state index in [1.165, 1.54) is 0 Å². The van der Waals surface area contributed by atoms with E-state index in [0.29, 0.717) is 5.57 Å². The monoisotopic (exact) mass is 231 g/mol. The Hall–Kier alpha value is -0.653. The van der Waals surface area contributed by atoms with E-state index in [2.05, 4.69) is 0 Å². The summed E-state index contributed by atoms with van der Waals surface area (Å²) in [6, 6.07) is 0. The third-order valence-corrected chi connectivity index (χ3v) is 6.31. The van der Waals surface area contributed by atoms with E-state index < -0.39 is 14.5 Å². The van der Waals surface area contributed by atoms with Gasteiger partial charge in [0.25, 0.3) is 0 Å². The van der Waals surface area contributed by atoms with Crippen LogP contribution in [-0.2, 0) is 13.6 Å². The summed E-state index contributed by atoms with van der Waals surface area (Å²) in [6.45, 7) is 5.73. The van der Waals surface area contributed by atoms with Crippen LogP contribution in [0.2, 0.25) is 12.1 Å². The lowest BCUT2D eigenvalue weighted by atomic mass is 10.2. The molecular weight excluding hydrogens is 210 g/mol. The highest BCUT2D eigenvalue weighted by molar-refractivity contribution is 6.68. The number of hydrogen-bond acceptors (Lipinski definition) is 3. The molecule has 0 heterocycles. The Morgan fingerprint density at radius 1 is 1.47 bits per heavy atom. The van der Waals surface area contributed by atoms with Crippen molar-refractivity contribution in [3.8, 4) is 0 Å². The van der Waals surface area contributed by atoms with Gasteiger partial charge in [-0.1, -0.05) is 13.0 Å². The number of carbonyl (C=O) groups excluding carboxylic acids is 1. The molecule has 4 nitrogen and oxygen atoms in total. The van der Waals surface area contributed by atoms with Gasteiger partial charge in [0, 0.05) is 25.3 Å². The lowest BCUT2D eigenvalue weighted by Gasteiger charge is -2.29. The van der Waals surface area contributed by atoms with Gasteiger partial charge >= 0.3 is 8.56 Å². The molecule has 0 aliphatic heterocycles. The predicted molar refractivity (Wildman–Crippen MR) is 62.6 cm³/mol. The molecule has 0 spiro atoms. The number of primary amides is 1. The van der Waals surface area contributed by atoms with Gasteiger partial charge < -0.3 is 14.6 Å². The molecule has 88 valence electrons. The molecule has 0 saturated carbocycles. The molecule has 0 rings (SSSR count). The van der Waals surface area contributed by atoms with Crippen molar-refractivity contribution < 1.29 is 13.6 Å². The second kappa shape index (κ2) is 6.04. The van der Waals surface area contributed by atoms with Crippen molar-refractivity contribution in [2.45, 2.75) is 32.4 Å². The molecule has 15 heavy (non-hydrogen) atoms. The zero-order chi connectivity index (χ0) is 12.1. The number of amides is 1. The largest absolute Gasteiger partial charge is 0.397 e. The highest BCUT2D eigenvalue weighted by Crippen LogP contribution is 2.29. The molecule has 0 fully saturated rings. The summed E-state index contributed by atoms with van der Waals surface area (Å²) in [5.41, 5.74) is 5.90. The second-order valence-corrected chi connectivity index (χ2v) is 7.24. The maximum absolute atomic E-state index is 10.9. The van der Waals surface area contributed by atoms with E-state index in [-0.39, 0.29) is 5.54 Å². The van der Waals surface area contributed by atoms with Crippen molar-refractivity contribution in [1.29, 1.82) is 0 Å². The molecule has 0 aliphatic carbocycles. The molecule has 0 saturated heterocycles. The number of allylic oxidation sites excluding steroid dienone is 1. The van der Waals surface area contributed by atoms with E-state index >= 15 is 0 Å². The molecule has 0 aromatic carbocycles. The zero-order valence-electron chi connectivity index (χ0n) is 10.2. The fourth-order valence-corrected chi connectivity index (χ4v) is 3.48. The highest BCUT2D eigenvalue weighted by atomic mass is 28.4. The van der Waals surface area contributed by atoms with Crippen LogP contribution in [0.25, 0.3) is 0 Å². The van der Waals surface area contributed by atoms with Gasteiger partial charge in [-0.25, -0.2) is 0 Å². The number of rotatable bonds is 6. The van der Waals surface area contributed by atoms with Crippen molar-refractivity contribution in [1.82, 2.24) is 0 Å². The average molecular weight is 231 g/mol. The van der Waals surface area contributed by atoms with Crippen LogP contribution >= 0.6 is 0 Å². The third kappa shape index (κ3) is 3.77. The van der Waals surface area contributed by atoms with Gasteiger partial charge in [-0.3, -0.25) is 4.79 Å². The Morgan fingerprint density at radius 3 is 2.20 bits per heavy atom. The average Bonchev–Trinajstić information content (AvgIpc) is 2.24. The zero-order valence-corrected chi connectivity index (χ0v) is 11.2. The van der Waals surface area contributed by atoms with Crippen LogP contribution in [0.15, 0.2) is 11.6 Å². The summed E-state index contributed by atoms with van der Waals surface area (Å²) in [5, 5.41) is 0. The fraction of sp³-hybridized carbons (Fsp3) is 0.700. The molecular formula is C10H21NO3Si. The molecule has 0 bridgehead atoms. The van der Waals surface area contributed by atoms with Crippen LogP contribution in [0, 0.1) is 0 Å². The smallest absolute Gasteiger partial charge is 0.341 e. The quantitative estimate of drug-likeness (QED) is 0.557. The van der Waals surface area contributed by atoms with Gasteiger partial charge in [0.1, 0.15) is 0 Å². The minimum absolute atomic E-state index is 0.139. The van der Waals surface area contributed by atoms with Crippen LogP contribution in [0.4, 0.5) is 0 Å². The number of nitrogens with two attached hydrogens (primary N) is 1. The van der Waals surface area contributed by atoms with Crippen LogP contribution in [0.5, 0.6) is 0 Å². The predicted octanol–water partition coefficient (Wildman–Crippen LogP) is 1.56. The first kappa shape index (κ1) is 14.3. The van der Waals surface area contributed by atoms with Crippen molar-refractivity contribution in [3.63, 3.8) is 0 Å². The molecule has 0 aliphatic rings. The summed E-state index contributed by atoms with van der Waals surface area (Å²) in [4.78, 5) is 10.9. The molecule has 0 aromatic heterocycles. The molecule has 0 radical (unpaired) electrons. The second-order valence-electron chi connectivity index (χ2n) is 3.65. The summed E-state index contributed by atoms with van der Waals surface area (Å²) in [5.74, 6) is -0.392. The Morgan fingerprint density at radius 2 is 1.93 bits per heavy atom. The van der Waals surface area contributed by atoms with Gasteiger partial charge in [0.2, 0.25) is 5.91 Å². The minimum Gasteiger partial charge on any atom is -0.397 e. The highest BCUT2D eigenvalue weighted by Gasteiger charge is 2.37. The molecule has 5 heteroatoms. The van der Waals surface area contributed by atoms with Gasteiger partial charge in [-0.2, -0.15) is 0 Å². The summed E-state index contributed by atoms with van der Waals surface area (Å²) in [7, 11) is 1.07. The first-order chi connectivity index (χ1) is 6.91. The lowest BCUT2D eigenvalue weighted by molar-refractivity contribution is -0.114. The number of hydrogen-bond donors (Lipinski definition) is 1. The molecule has 0 aromatic rings. The third-order valence-electron chi connectivity index (χ3n) is 2.76. The summed E-state index contributed by atoms with van der Waals surface area (Å²) < 4.78 is 10.9. The lowest BCUT2D eigenvalue weighted by Crippen LogP contribution is -2.41. The van der Waals surface area contributed by atoms with Crippen molar-refractivity contribution in [2.24, 2.45) is 5.73 Å². The van der Waals surface area contributed by atoms with Gasteiger partial charge in [-0.05, 0) is 19.9 Å². The summed E-state index contributed by atoms with van der Waals surface area (Å²) in [6.07, 6.45) is 2.73. The Labute approximate surface area is 92.7 Å². The van der Waals surface area contributed by atoms with Crippen molar-refractivity contribution in [3.05, 3.63) is 11.6 Å². The van der Waals surface area contributed by atoms with E-state index in [1.807, 2.05) is 19.5 Å². The van der Waals surface area contributed by atoms with Gasteiger partial charge in [-0.15, -0.1) is 0 Å². The van der Waals surface area contributed by atoms with E-state index in [1.54, 1.807) is 21.1 Å². The minimum atomic E-state index is -2.22. The van der Waals surface area contributed by atoms with Crippen molar-refractivity contribution >= 4 is 14.5 Å². The van der Waals surface area contributed by atoms with Crippen LogP contribution < -0.4 is 5.73 Å². The topological polar surface area (TPSA) is 61.6 Å². The standard InChI is InChI=1S/C10H21NO3Si/c1-6-9(7-8(2)10(11)12)15(5,13-3)14-4/h7,9H,6H2,1-5H3,(H2,11,12). The van der Waals surface area contributed by atoms with Gasteiger partial charge in [0.15, 0.2) is 0 Å². The molecule has 1 atom stereocenters. The molecule has 1 unspecified atom stereocenters. The first-order valence-electron chi connectivity index (χ1n) is 4.99. The van der Waals surface area contributed by atoms with E-state index in [9.17, 15) is 4.79 Å².